The maximum absolute atomic E-state index is 11.5. The first kappa shape index (κ1) is 13.4. The molecule has 0 aliphatic carbocycles. The van der Waals surface area contributed by atoms with Crippen molar-refractivity contribution in [2.24, 2.45) is 0 Å². The fourth-order valence-corrected chi connectivity index (χ4v) is 2.04. The minimum atomic E-state index is -0.228. The third kappa shape index (κ3) is 3.70. The number of aromatic nitrogens is 2. The summed E-state index contributed by atoms with van der Waals surface area (Å²) in [4.78, 5) is 21.4. The quantitative estimate of drug-likeness (QED) is 0.849. The minimum absolute atomic E-state index is 0.228. The van der Waals surface area contributed by atoms with E-state index in [0.717, 1.165) is 12.8 Å². The summed E-state index contributed by atoms with van der Waals surface area (Å²) in [6, 6.07) is 0.295. The number of anilines is 2. The van der Waals surface area contributed by atoms with Crippen molar-refractivity contribution in [1.29, 1.82) is 0 Å². The molecule has 1 aliphatic heterocycles. The maximum atomic E-state index is 11.5. The molecule has 2 rings (SSSR count). The molecule has 1 amide bonds. The SMILES string of the molecule is CCOC(=O)N1CCC(Nc2cnc(N)cn2)CC1. The molecule has 1 aliphatic rings. The van der Waals surface area contributed by atoms with Crippen LogP contribution in [-0.2, 0) is 4.74 Å². The van der Waals surface area contributed by atoms with Crippen LogP contribution in [0.1, 0.15) is 19.8 Å². The van der Waals surface area contributed by atoms with Crippen LogP contribution in [0.3, 0.4) is 0 Å². The molecule has 104 valence electrons. The van der Waals surface area contributed by atoms with Crippen LogP contribution in [0.15, 0.2) is 12.4 Å². The normalized spacial score (nSPS) is 16.2. The van der Waals surface area contributed by atoms with Crippen molar-refractivity contribution in [3.63, 3.8) is 0 Å². The van der Waals surface area contributed by atoms with Crippen LogP contribution in [-0.4, -0.2) is 46.7 Å². The van der Waals surface area contributed by atoms with E-state index >= 15 is 0 Å². The van der Waals surface area contributed by atoms with Gasteiger partial charge in [-0.05, 0) is 19.8 Å². The van der Waals surface area contributed by atoms with E-state index in [-0.39, 0.29) is 6.09 Å². The molecule has 1 fully saturated rings. The van der Waals surface area contributed by atoms with Crippen molar-refractivity contribution < 1.29 is 9.53 Å². The molecule has 1 aromatic rings. The highest BCUT2D eigenvalue weighted by Gasteiger charge is 2.23. The van der Waals surface area contributed by atoms with Crippen molar-refractivity contribution in [1.82, 2.24) is 14.9 Å². The summed E-state index contributed by atoms with van der Waals surface area (Å²) in [7, 11) is 0. The summed E-state index contributed by atoms with van der Waals surface area (Å²) in [5.74, 6) is 1.12. The lowest BCUT2D eigenvalue weighted by Gasteiger charge is -2.31. The Labute approximate surface area is 112 Å². The number of nitrogens with zero attached hydrogens (tertiary/aromatic N) is 3. The number of amides is 1. The van der Waals surface area contributed by atoms with Gasteiger partial charge in [0, 0.05) is 19.1 Å². The van der Waals surface area contributed by atoms with Crippen LogP contribution in [0.2, 0.25) is 0 Å². The van der Waals surface area contributed by atoms with Gasteiger partial charge in [0.15, 0.2) is 0 Å². The molecule has 0 saturated carbocycles. The molecule has 0 radical (unpaired) electrons. The van der Waals surface area contributed by atoms with Gasteiger partial charge in [-0.2, -0.15) is 0 Å². The van der Waals surface area contributed by atoms with E-state index in [0.29, 0.717) is 37.4 Å². The Bertz CT molecular complexity index is 415. The Hall–Kier alpha value is -2.05. The average molecular weight is 265 g/mol. The van der Waals surface area contributed by atoms with E-state index in [4.69, 9.17) is 10.5 Å². The van der Waals surface area contributed by atoms with Crippen LogP contribution in [0.25, 0.3) is 0 Å². The molecule has 2 heterocycles. The highest BCUT2D eigenvalue weighted by Crippen LogP contribution is 2.15. The summed E-state index contributed by atoms with van der Waals surface area (Å²) in [5.41, 5.74) is 5.48. The molecule has 0 unspecified atom stereocenters. The lowest BCUT2D eigenvalue weighted by molar-refractivity contribution is 0.0983. The smallest absolute Gasteiger partial charge is 0.409 e. The minimum Gasteiger partial charge on any atom is -0.450 e. The number of nitrogens with two attached hydrogens (primary N) is 1. The van der Waals surface area contributed by atoms with Gasteiger partial charge in [-0.1, -0.05) is 0 Å². The molecule has 0 spiro atoms. The van der Waals surface area contributed by atoms with E-state index in [9.17, 15) is 4.79 Å². The molecule has 1 aromatic heterocycles. The summed E-state index contributed by atoms with van der Waals surface area (Å²) in [5, 5.41) is 3.29. The molecule has 0 atom stereocenters. The van der Waals surface area contributed by atoms with Gasteiger partial charge in [0.25, 0.3) is 0 Å². The van der Waals surface area contributed by atoms with E-state index in [1.165, 1.54) is 6.20 Å². The Morgan fingerprint density at radius 3 is 2.79 bits per heavy atom. The van der Waals surface area contributed by atoms with Gasteiger partial charge < -0.3 is 20.7 Å². The average Bonchev–Trinajstić information content (AvgIpc) is 2.42. The van der Waals surface area contributed by atoms with Crippen LogP contribution in [0.4, 0.5) is 16.4 Å². The van der Waals surface area contributed by atoms with Crippen LogP contribution < -0.4 is 11.1 Å². The molecule has 7 nitrogen and oxygen atoms in total. The van der Waals surface area contributed by atoms with Crippen LogP contribution >= 0.6 is 0 Å². The number of nitrogens with one attached hydrogen (secondary N) is 1. The summed E-state index contributed by atoms with van der Waals surface area (Å²) in [6.45, 7) is 3.61. The first-order valence-electron chi connectivity index (χ1n) is 6.44. The molecule has 19 heavy (non-hydrogen) atoms. The molecule has 3 N–H and O–H groups in total. The highest BCUT2D eigenvalue weighted by molar-refractivity contribution is 5.67. The van der Waals surface area contributed by atoms with Gasteiger partial charge in [0.05, 0.1) is 19.0 Å². The van der Waals surface area contributed by atoms with Crippen molar-refractivity contribution >= 4 is 17.7 Å². The second-order valence-corrected chi connectivity index (χ2v) is 4.43. The summed E-state index contributed by atoms with van der Waals surface area (Å²) in [6.07, 6.45) is 4.65. The largest absolute Gasteiger partial charge is 0.450 e. The molecule has 7 heteroatoms. The maximum Gasteiger partial charge on any atom is 0.409 e. The topological polar surface area (TPSA) is 93.4 Å². The van der Waals surface area contributed by atoms with E-state index in [1.807, 2.05) is 6.92 Å². The highest BCUT2D eigenvalue weighted by atomic mass is 16.6. The number of carbonyl (C=O) groups is 1. The number of nitrogen functional groups attached to an aromatic ring is 1. The van der Waals surface area contributed by atoms with Crippen molar-refractivity contribution in [3.8, 4) is 0 Å². The number of ether oxygens (including phenoxy) is 1. The summed E-state index contributed by atoms with van der Waals surface area (Å²) < 4.78 is 4.98. The van der Waals surface area contributed by atoms with Gasteiger partial charge in [-0.25, -0.2) is 14.8 Å². The zero-order valence-electron chi connectivity index (χ0n) is 11.0. The van der Waals surface area contributed by atoms with Gasteiger partial charge >= 0.3 is 6.09 Å². The Morgan fingerprint density at radius 2 is 2.21 bits per heavy atom. The van der Waals surface area contributed by atoms with Crippen LogP contribution in [0, 0.1) is 0 Å². The van der Waals surface area contributed by atoms with Gasteiger partial charge in [0.2, 0.25) is 0 Å². The first-order chi connectivity index (χ1) is 9.19. The van der Waals surface area contributed by atoms with Crippen molar-refractivity contribution in [2.45, 2.75) is 25.8 Å². The Morgan fingerprint density at radius 1 is 1.47 bits per heavy atom. The predicted octanol–water partition coefficient (Wildman–Crippen LogP) is 1.09. The third-order valence-corrected chi connectivity index (χ3v) is 3.04. The fourth-order valence-electron chi connectivity index (χ4n) is 2.04. The molecule has 0 bridgehead atoms. The predicted molar refractivity (Wildman–Crippen MR) is 71.7 cm³/mol. The van der Waals surface area contributed by atoms with Crippen molar-refractivity contribution in [2.75, 3.05) is 30.7 Å². The third-order valence-electron chi connectivity index (χ3n) is 3.04. The van der Waals surface area contributed by atoms with Gasteiger partial charge in [-0.15, -0.1) is 0 Å². The van der Waals surface area contributed by atoms with E-state index < -0.39 is 0 Å². The number of likely N-dealkylation sites (tertiary alicyclic amines) is 1. The monoisotopic (exact) mass is 265 g/mol. The second-order valence-electron chi connectivity index (χ2n) is 4.43. The number of rotatable bonds is 3. The molecule has 1 saturated heterocycles. The lowest BCUT2D eigenvalue weighted by Crippen LogP contribution is -2.42. The molecular formula is C12H19N5O2. The standard InChI is InChI=1S/C12H19N5O2/c1-2-19-12(18)17-5-3-9(4-6-17)16-11-8-14-10(13)7-15-11/h7-9H,2-6H2,1H3,(H2,13,14)(H,15,16). The van der Waals surface area contributed by atoms with E-state index in [1.54, 1.807) is 11.1 Å². The van der Waals surface area contributed by atoms with E-state index in [2.05, 4.69) is 15.3 Å². The number of hydrogen-bond acceptors (Lipinski definition) is 6. The lowest BCUT2D eigenvalue weighted by atomic mass is 10.1. The number of hydrogen-bond donors (Lipinski definition) is 2. The number of piperidine rings is 1. The molecule has 0 aromatic carbocycles. The fraction of sp³-hybridized carbons (Fsp3) is 0.583. The summed E-state index contributed by atoms with van der Waals surface area (Å²) >= 11 is 0. The Kier molecular flexibility index (Phi) is 4.38. The van der Waals surface area contributed by atoms with Crippen LogP contribution in [0.5, 0.6) is 0 Å². The number of carbonyl (C=O) groups excluding carboxylic acids is 1. The van der Waals surface area contributed by atoms with Gasteiger partial charge in [0.1, 0.15) is 11.6 Å². The first-order valence-corrected chi connectivity index (χ1v) is 6.44. The second kappa shape index (κ2) is 6.21. The zero-order valence-corrected chi connectivity index (χ0v) is 11.0. The van der Waals surface area contributed by atoms with Gasteiger partial charge in [-0.3, -0.25) is 0 Å². The van der Waals surface area contributed by atoms with Crippen molar-refractivity contribution in [3.05, 3.63) is 12.4 Å². The Balaban J connectivity index is 1.80. The molecular weight excluding hydrogens is 246 g/mol. The zero-order chi connectivity index (χ0) is 13.7.